The number of aromatic nitrogens is 1. The van der Waals surface area contributed by atoms with E-state index in [0.29, 0.717) is 0 Å². The van der Waals surface area contributed by atoms with Crippen molar-refractivity contribution in [3.63, 3.8) is 0 Å². The first-order valence-corrected chi connectivity index (χ1v) is 5.67. The van der Waals surface area contributed by atoms with Crippen LogP contribution in [0.3, 0.4) is 0 Å². The Labute approximate surface area is 90.9 Å². The van der Waals surface area contributed by atoms with Crippen molar-refractivity contribution < 1.29 is 8.78 Å². The molecule has 1 atom stereocenters. The van der Waals surface area contributed by atoms with Crippen LogP contribution in [0.25, 0.3) is 0 Å². The number of thioether (sulfide) groups is 1. The third kappa shape index (κ3) is 2.82. The van der Waals surface area contributed by atoms with Gasteiger partial charge in [-0.25, -0.2) is 0 Å². The maximum Gasteiger partial charge on any atom is 0.364 e. The summed E-state index contributed by atoms with van der Waals surface area (Å²) in [5.74, 6) is 0. The molecular formula is C9H10ClF2NS. The van der Waals surface area contributed by atoms with Gasteiger partial charge in [0.1, 0.15) is 5.69 Å². The lowest BCUT2D eigenvalue weighted by molar-refractivity contribution is 0.0900. The molecule has 14 heavy (non-hydrogen) atoms. The third-order valence-electron chi connectivity index (χ3n) is 1.90. The van der Waals surface area contributed by atoms with Crippen molar-refractivity contribution in [1.82, 2.24) is 4.98 Å². The van der Waals surface area contributed by atoms with Gasteiger partial charge in [0.15, 0.2) is 0 Å². The molecule has 1 aromatic heterocycles. The molecule has 0 fully saturated rings. The topological polar surface area (TPSA) is 12.9 Å². The lowest BCUT2D eigenvalue weighted by Gasteiger charge is -2.10. The Morgan fingerprint density at radius 3 is 2.50 bits per heavy atom. The number of rotatable bonds is 3. The highest BCUT2D eigenvalue weighted by Crippen LogP contribution is 2.32. The lowest BCUT2D eigenvalue weighted by Crippen LogP contribution is -2.06. The zero-order chi connectivity index (χ0) is 10.8. The second-order valence-electron chi connectivity index (χ2n) is 2.85. The molecule has 0 radical (unpaired) electrons. The van der Waals surface area contributed by atoms with Gasteiger partial charge >= 0.3 is 5.38 Å². The van der Waals surface area contributed by atoms with Crippen molar-refractivity contribution in [1.29, 1.82) is 0 Å². The van der Waals surface area contributed by atoms with E-state index in [-0.39, 0.29) is 5.25 Å². The van der Waals surface area contributed by atoms with Gasteiger partial charge in [-0.05, 0) is 36.4 Å². The van der Waals surface area contributed by atoms with Gasteiger partial charge in [-0.15, -0.1) is 0 Å². The Morgan fingerprint density at radius 1 is 1.50 bits per heavy atom. The fourth-order valence-electron chi connectivity index (χ4n) is 0.950. The Balaban J connectivity index is 2.89. The van der Waals surface area contributed by atoms with Gasteiger partial charge in [0.2, 0.25) is 0 Å². The van der Waals surface area contributed by atoms with E-state index >= 15 is 0 Å². The molecule has 0 aliphatic rings. The molecule has 0 amide bonds. The van der Waals surface area contributed by atoms with Crippen molar-refractivity contribution in [3.05, 3.63) is 29.6 Å². The first-order chi connectivity index (χ1) is 6.45. The monoisotopic (exact) mass is 237 g/mol. The average molecular weight is 238 g/mol. The van der Waals surface area contributed by atoms with Crippen LogP contribution in [0.1, 0.15) is 23.4 Å². The molecule has 78 valence electrons. The molecule has 0 saturated carbocycles. The largest absolute Gasteiger partial charge is 0.364 e. The zero-order valence-electron chi connectivity index (χ0n) is 7.80. The van der Waals surface area contributed by atoms with Crippen LogP contribution < -0.4 is 0 Å². The van der Waals surface area contributed by atoms with Gasteiger partial charge < -0.3 is 0 Å². The van der Waals surface area contributed by atoms with E-state index in [4.69, 9.17) is 11.6 Å². The van der Waals surface area contributed by atoms with Crippen LogP contribution in [0.4, 0.5) is 8.78 Å². The molecular weight excluding hydrogens is 228 g/mol. The first-order valence-electron chi connectivity index (χ1n) is 4.01. The molecule has 1 rings (SSSR count). The molecule has 0 aliphatic carbocycles. The third-order valence-corrected chi connectivity index (χ3v) is 3.07. The predicted molar refractivity (Wildman–Crippen MR) is 55.9 cm³/mol. The molecule has 0 saturated heterocycles. The van der Waals surface area contributed by atoms with Gasteiger partial charge in [0, 0.05) is 11.4 Å². The van der Waals surface area contributed by atoms with Crippen LogP contribution in [0.15, 0.2) is 18.3 Å². The number of hydrogen-bond acceptors (Lipinski definition) is 2. The highest BCUT2D eigenvalue weighted by atomic mass is 35.5. The van der Waals surface area contributed by atoms with Gasteiger partial charge in [-0.1, -0.05) is 6.07 Å². The Kier molecular flexibility index (Phi) is 3.72. The molecule has 1 heterocycles. The van der Waals surface area contributed by atoms with E-state index < -0.39 is 11.1 Å². The highest BCUT2D eigenvalue weighted by molar-refractivity contribution is 7.98. The summed E-state index contributed by atoms with van der Waals surface area (Å²) in [5.41, 5.74) is 0.512. The minimum atomic E-state index is -3.37. The number of nitrogens with zero attached hydrogens (tertiary/aromatic N) is 1. The van der Waals surface area contributed by atoms with Crippen LogP contribution in [-0.2, 0) is 5.38 Å². The molecule has 1 nitrogen and oxygen atoms in total. The van der Waals surface area contributed by atoms with Crippen LogP contribution >= 0.6 is 23.4 Å². The summed E-state index contributed by atoms with van der Waals surface area (Å²) in [6.45, 7) is 1.99. The second kappa shape index (κ2) is 4.45. The summed E-state index contributed by atoms with van der Waals surface area (Å²) in [6, 6.07) is 2.88. The second-order valence-corrected chi connectivity index (χ2v) is 4.51. The molecule has 0 unspecified atom stereocenters. The fraction of sp³-hybridized carbons (Fsp3) is 0.444. The summed E-state index contributed by atoms with van der Waals surface area (Å²) >= 11 is 6.45. The van der Waals surface area contributed by atoms with Crippen molar-refractivity contribution >= 4 is 23.4 Å². The molecule has 0 spiro atoms. The number of halogens is 3. The summed E-state index contributed by atoms with van der Waals surface area (Å²) in [4.78, 5) is 3.62. The van der Waals surface area contributed by atoms with E-state index in [1.54, 1.807) is 17.8 Å². The summed E-state index contributed by atoms with van der Waals surface area (Å²) in [6.07, 6.45) is 3.39. The van der Waals surface area contributed by atoms with Gasteiger partial charge in [-0.2, -0.15) is 20.5 Å². The minimum Gasteiger partial charge on any atom is -0.253 e. The van der Waals surface area contributed by atoms with Gasteiger partial charge in [-0.3, -0.25) is 4.98 Å². The summed E-state index contributed by atoms with van der Waals surface area (Å²) in [7, 11) is 0. The van der Waals surface area contributed by atoms with Gasteiger partial charge in [0.05, 0.1) is 0 Å². The standard InChI is InChI=1S/C9H10ClF2NS/c1-6(14-2)7-3-4-8(13-5-7)9(10,11)12/h3-6H,1-2H3/t6-/m0/s1. The van der Waals surface area contributed by atoms with Crippen molar-refractivity contribution in [2.24, 2.45) is 0 Å². The molecule has 0 aromatic carbocycles. The van der Waals surface area contributed by atoms with E-state index in [9.17, 15) is 8.78 Å². The highest BCUT2D eigenvalue weighted by Gasteiger charge is 2.29. The minimum absolute atomic E-state index is 0.250. The van der Waals surface area contributed by atoms with E-state index in [1.807, 2.05) is 13.2 Å². The lowest BCUT2D eigenvalue weighted by atomic mass is 10.2. The fourth-order valence-corrected chi connectivity index (χ4v) is 1.47. The molecule has 0 aliphatic heterocycles. The van der Waals surface area contributed by atoms with E-state index in [0.717, 1.165) is 5.56 Å². The maximum absolute atomic E-state index is 12.6. The SMILES string of the molecule is CS[C@@H](C)c1ccc(C(F)(F)Cl)nc1. The first kappa shape index (κ1) is 11.7. The Hall–Kier alpha value is -0.350. The Morgan fingerprint density at radius 2 is 2.14 bits per heavy atom. The van der Waals surface area contributed by atoms with Crippen LogP contribution in [-0.4, -0.2) is 11.2 Å². The number of hydrogen-bond donors (Lipinski definition) is 0. The normalized spacial score (nSPS) is 14.1. The predicted octanol–water partition coefficient (Wildman–Crippen LogP) is 3.79. The summed E-state index contributed by atoms with van der Waals surface area (Å²) in [5, 5.41) is -3.12. The Bertz CT molecular complexity index is 297. The quantitative estimate of drug-likeness (QED) is 0.742. The van der Waals surface area contributed by atoms with Crippen molar-refractivity contribution in [2.75, 3.05) is 6.26 Å². The number of alkyl halides is 3. The van der Waals surface area contributed by atoms with Crippen LogP contribution in [0.2, 0.25) is 0 Å². The van der Waals surface area contributed by atoms with E-state index in [2.05, 4.69) is 4.98 Å². The smallest absolute Gasteiger partial charge is 0.253 e. The molecule has 0 N–H and O–H groups in total. The average Bonchev–Trinajstić information content (AvgIpc) is 2.15. The zero-order valence-corrected chi connectivity index (χ0v) is 9.37. The molecule has 5 heteroatoms. The molecule has 1 aromatic rings. The van der Waals surface area contributed by atoms with Crippen LogP contribution in [0, 0.1) is 0 Å². The van der Waals surface area contributed by atoms with E-state index in [1.165, 1.54) is 12.3 Å². The molecule has 0 bridgehead atoms. The van der Waals surface area contributed by atoms with Gasteiger partial charge in [0.25, 0.3) is 0 Å². The summed E-state index contributed by atoms with van der Waals surface area (Å²) < 4.78 is 25.1. The number of pyridine rings is 1. The van der Waals surface area contributed by atoms with Crippen LogP contribution in [0.5, 0.6) is 0 Å². The van der Waals surface area contributed by atoms with Crippen molar-refractivity contribution in [2.45, 2.75) is 17.6 Å². The van der Waals surface area contributed by atoms with Crippen molar-refractivity contribution in [3.8, 4) is 0 Å². The maximum atomic E-state index is 12.6.